The number of halogens is 1. The number of sulfonamides is 1. The molecule has 1 amide bonds. The molecule has 1 aromatic rings. The molecule has 2 rings (SSSR count). The highest BCUT2D eigenvalue weighted by atomic mass is 35.5. The van der Waals surface area contributed by atoms with Crippen molar-refractivity contribution >= 4 is 33.2 Å². The minimum Gasteiger partial charge on any atom is -0.326 e. The molecule has 0 aliphatic carbocycles. The Balaban J connectivity index is 1.78. The summed E-state index contributed by atoms with van der Waals surface area (Å²) in [4.78, 5) is 14.1. The lowest BCUT2D eigenvalue weighted by Crippen LogP contribution is -2.35. The van der Waals surface area contributed by atoms with Crippen LogP contribution in [0, 0.1) is 0 Å². The summed E-state index contributed by atoms with van der Waals surface area (Å²) in [6.45, 7) is 3.09. The van der Waals surface area contributed by atoms with Crippen molar-refractivity contribution in [3.8, 4) is 0 Å². The van der Waals surface area contributed by atoms with Gasteiger partial charge in [-0.2, -0.15) is 0 Å². The highest BCUT2D eigenvalue weighted by molar-refractivity contribution is 7.88. The summed E-state index contributed by atoms with van der Waals surface area (Å²) in [7, 11) is -3.13. The molecule has 1 fully saturated rings. The number of hydrogen-bond acceptors (Lipinski definition) is 4. The molecule has 128 valence electrons. The van der Waals surface area contributed by atoms with Gasteiger partial charge in [0.15, 0.2) is 0 Å². The Labute approximate surface area is 142 Å². The van der Waals surface area contributed by atoms with Crippen LogP contribution in [0.15, 0.2) is 24.3 Å². The van der Waals surface area contributed by atoms with Crippen molar-refractivity contribution in [3.63, 3.8) is 0 Å². The fourth-order valence-corrected chi connectivity index (χ4v) is 3.62. The number of benzene rings is 1. The summed E-state index contributed by atoms with van der Waals surface area (Å²) in [5, 5.41) is 3.39. The van der Waals surface area contributed by atoms with E-state index in [1.807, 2.05) is 0 Å². The second kappa shape index (κ2) is 8.10. The fraction of sp³-hybridized carbons (Fsp3) is 0.533. The number of amides is 1. The van der Waals surface area contributed by atoms with Crippen molar-refractivity contribution < 1.29 is 13.2 Å². The first-order valence-electron chi connectivity index (χ1n) is 7.57. The molecule has 23 heavy (non-hydrogen) atoms. The third-order valence-corrected chi connectivity index (χ3v) is 5.32. The average molecular weight is 360 g/mol. The van der Waals surface area contributed by atoms with E-state index in [2.05, 4.69) is 10.2 Å². The minimum atomic E-state index is -3.13. The van der Waals surface area contributed by atoms with Crippen LogP contribution in [-0.2, 0) is 14.8 Å². The number of nitrogens with zero attached hydrogens (tertiary/aromatic N) is 2. The van der Waals surface area contributed by atoms with Crippen molar-refractivity contribution in [2.45, 2.75) is 12.8 Å². The zero-order valence-corrected chi connectivity index (χ0v) is 14.7. The van der Waals surface area contributed by atoms with Crippen LogP contribution in [-0.4, -0.2) is 62.5 Å². The largest absolute Gasteiger partial charge is 0.326 e. The van der Waals surface area contributed by atoms with Crippen LogP contribution in [0.25, 0.3) is 0 Å². The molecule has 1 aliphatic heterocycles. The van der Waals surface area contributed by atoms with Crippen LogP contribution < -0.4 is 5.32 Å². The molecule has 1 saturated heterocycles. The first-order valence-corrected chi connectivity index (χ1v) is 9.80. The van der Waals surface area contributed by atoms with Gasteiger partial charge in [-0.05, 0) is 31.2 Å². The summed E-state index contributed by atoms with van der Waals surface area (Å²) in [5.41, 5.74) is 0.682. The maximum Gasteiger partial charge on any atom is 0.225 e. The minimum absolute atomic E-state index is 0.0727. The van der Waals surface area contributed by atoms with E-state index in [0.29, 0.717) is 43.3 Å². The molecular formula is C15H22ClN3O3S. The van der Waals surface area contributed by atoms with E-state index in [-0.39, 0.29) is 5.91 Å². The lowest BCUT2D eigenvalue weighted by molar-refractivity contribution is -0.116. The summed E-state index contributed by atoms with van der Waals surface area (Å²) < 4.78 is 24.6. The molecule has 1 aliphatic rings. The van der Waals surface area contributed by atoms with Crippen LogP contribution in [0.4, 0.5) is 5.69 Å². The third-order valence-electron chi connectivity index (χ3n) is 3.78. The maximum atomic E-state index is 12.0. The van der Waals surface area contributed by atoms with Gasteiger partial charge in [-0.25, -0.2) is 12.7 Å². The molecule has 0 aromatic heterocycles. The van der Waals surface area contributed by atoms with Crippen molar-refractivity contribution in [2.75, 3.05) is 44.3 Å². The SMILES string of the molecule is CS(=O)(=O)N1CCCN(CCC(=O)Nc2cccc(Cl)c2)CC1. The van der Waals surface area contributed by atoms with Crippen molar-refractivity contribution in [1.82, 2.24) is 9.21 Å². The molecule has 0 radical (unpaired) electrons. The molecule has 6 nitrogen and oxygen atoms in total. The van der Waals surface area contributed by atoms with E-state index in [1.54, 1.807) is 24.3 Å². The number of anilines is 1. The Morgan fingerprint density at radius 2 is 2.04 bits per heavy atom. The van der Waals surface area contributed by atoms with E-state index in [9.17, 15) is 13.2 Å². The van der Waals surface area contributed by atoms with E-state index >= 15 is 0 Å². The molecule has 0 unspecified atom stereocenters. The highest BCUT2D eigenvalue weighted by Crippen LogP contribution is 2.15. The molecule has 1 heterocycles. The van der Waals surface area contributed by atoms with Crippen molar-refractivity contribution in [2.24, 2.45) is 0 Å². The third kappa shape index (κ3) is 6.10. The van der Waals surface area contributed by atoms with Gasteiger partial charge < -0.3 is 10.2 Å². The van der Waals surface area contributed by atoms with Gasteiger partial charge in [0.2, 0.25) is 15.9 Å². The van der Waals surface area contributed by atoms with Gasteiger partial charge >= 0.3 is 0 Å². The number of nitrogens with one attached hydrogen (secondary N) is 1. The Morgan fingerprint density at radius 3 is 2.74 bits per heavy atom. The van der Waals surface area contributed by atoms with Gasteiger partial charge in [0.25, 0.3) is 0 Å². The molecule has 0 bridgehead atoms. The van der Waals surface area contributed by atoms with Crippen LogP contribution >= 0.6 is 11.6 Å². The number of hydrogen-bond donors (Lipinski definition) is 1. The summed E-state index contributed by atoms with van der Waals surface area (Å²) in [5.74, 6) is -0.0727. The van der Waals surface area contributed by atoms with Crippen LogP contribution in [0.1, 0.15) is 12.8 Å². The van der Waals surface area contributed by atoms with Crippen molar-refractivity contribution in [3.05, 3.63) is 29.3 Å². The Kier molecular flexibility index (Phi) is 6.41. The van der Waals surface area contributed by atoms with Gasteiger partial charge in [-0.1, -0.05) is 17.7 Å². The quantitative estimate of drug-likeness (QED) is 0.867. The molecule has 1 aromatic carbocycles. The monoisotopic (exact) mass is 359 g/mol. The fourth-order valence-electron chi connectivity index (χ4n) is 2.55. The van der Waals surface area contributed by atoms with Gasteiger partial charge in [-0.15, -0.1) is 0 Å². The van der Waals surface area contributed by atoms with Gasteiger partial charge in [0, 0.05) is 43.3 Å². The molecule has 0 saturated carbocycles. The Hall–Kier alpha value is -1.15. The second-order valence-electron chi connectivity index (χ2n) is 5.67. The first kappa shape index (κ1) is 18.2. The van der Waals surface area contributed by atoms with Crippen molar-refractivity contribution in [1.29, 1.82) is 0 Å². The average Bonchev–Trinajstić information content (AvgIpc) is 2.70. The van der Waals surface area contributed by atoms with E-state index in [0.717, 1.165) is 13.0 Å². The normalized spacial score (nSPS) is 17.7. The highest BCUT2D eigenvalue weighted by Gasteiger charge is 2.21. The van der Waals surface area contributed by atoms with Gasteiger partial charge in [-0.3, -0.25) is 4.79 Å². The summed E-state index contributed by atoms with van der Waals surface area (Å²) in [6, 6.07) is 7.03. The molecule has 0 spiro atoms. The maximum absolute atomic E-state index is 12.0. The second-order valence-corrected chi connectivity index (χ2v) is 8.08. The zero-order valence-electron chi connectivity index (χ0n) is 13.2. The summed E-state index contributed by atoms with van der Waals surface area (Å²) in [6.07, 6.45) is 2.38. The first-order chi connectivity index (χ1) is 10.8. The Morgan fingerprint density at radius 1 is 1.26 bits per heavy atom. The standard InChI is InChI=1S/C15H22ClN3O3S/c1-23(21,22)19-8-3-7-18(10-11-19)9-6-15(20)17-14-5-2-4-13(16)12-14/h2,4-5,12H,3,6-11H2,1H3,(H,17,20). The van der Waals surface area contributed by atoms with Gasteiger partial charge in [0.1, 0.15) is 0 Å². The predicted molar refractivity (Wildman–Crippen MR) is 92.2 cm³/mol. The zero-order chi connectivity index (χ0) is 16.9. The number of carbonyl (C=O) groups is 1. The summed E-state index contributed by atoms with van der Waals surface area (Å²) >= 11 is 5.88. The van der Waals surface area contributed by atoms with Gasteiger partial charge in [0.05, 0.1) is 6.26 Å². The predicted octanol–water partition coefficient (Wildman–Crippen LogP) is 1.64. The lowest BCUT2D eigenvalue weighted by atomic mass is 10.3. The smallest absolute Gasteiger partial charge is 0.225 e. The van der Waals surface area contributed by atoms with E-state index < -0.39 is 10.0 Å². The number of rotatable bonds is 5. The molecule has 8 heteroatoms. The van der Waals surface area contributed by atoms with E-state index in [4.69, 9.17) is 11.6 Å². The number of carbonyl (C=O) groups excluding carboxylic acids is 1. The van der Waals surface area contributed by atoms with Crippen LogP contribution in [0.2, 0.25) is 5.02 Å². The Bertz CT molecular complexity index is 651. The molecule has 0 atom stereocenters. The van der Waals surface area contributed by atoms with Crippen LogP contribution in [0.3, 0.4) is 0 Å². The lowest BCUT2D eigenvalue weighted by Gasteiger charge is -2.20. The van der Waals surface area contributed by atoms with E-state index in [1.165, 1.54) is 10.6 Å². The molecule has 1 N–H and O–H groups in total. The van der Waals surface area contributed by atoms with Crippen LogP contribution in [0.5, 0.6) is 0 Å². The molecular weight excluding hydrogens is 338 g/mol. The topological polar surface area (TPSA) is 69.7 Å².